The number of benzene rings is 1. The molecule has 3 heterocycles. The molecule has 1 unspecified atom stereocenters. The van der Waals surface area contributed by atoms with Gasteiger partial charge in [-0.15, -0.1) is 0 Å². The van der Waals surface area contributed by atoms with Gasteiger partial charge in [0.1, 0.15) is 41.9 Å². The molecule has 0 spiro atoms. The average Bonchev–Trinajstić information content (AvgIpc) is 3.72. The van der Waals surface area contributed by atoms with Gasteiger partial charge >= 0.3 is 7.82 Å². The number of aliphatic hydroxyl groups excluding tert-OH is 2. The molecular weight excluding hydrogens is 723 g/mol. The number of aromatic nitrogens is 3. The fraction of sp³-hybridized carbons (Fsp3) is 0.707. The van der Waals surface area contributed by atoms with E-state index in [2.05, 4.69) is 17.0 Å². The third kappa shape index (κ3) is 14.5. The molecule has 310 valence electrons. The summed E-state index contributed by atoms with van der Waals surface area (Å²) in [6.07, 6.45) is 17.0. The molecule has 5 N–H and O–H groups in total. The van der Waals surface area contributed by atoms with E-state index in [0.29, 0.717) is 17.8 Å². The van der Waals surface area contributed by atoms with Crippen LogP contribution in [0.2, 0.25) is 0 Å². The van der Waals surface area contributed by atoms with Crippen molar-refractivity contribution in [2.45, 2.75) is 166 Å². The van der Waals surface area contributed by atoms with E-state index in [4.69, 9.17) is 29.0 Å². The minimum atomic E-state index is -4.64. The normalized spacial score (nSPS) is 22.3. The van der Waals surface area contributed by atoms with E-state index in [0.717, 1.165) is 18.4 Å². The van der Waals surface area contributed by atoms with Gasteiger partial charge in [-0.3, -0.25) is 9.05 Å². The van der Waals surface area contributed by atoms with Crippen molar-refractivity contribution in [1.29, 1.82) is 0 Å². The summed E-state index contributed by atoms with van der Waals surface area (Å²) in [5.74, 6) is 0.238. The van der Waals surface area contributed by atoms with Gasteiger partial charge in [0.25, 0.3) is 0 Å². The first-order valence-corrected chi connectivity index (χ1v) is 22.1. The zero-order valence-electron chi connectivity index (χ0n) is 33.3. The number of ether oxygens (including phenoxy) is 3. The number of nitrogen functional groups attached to an aromatic ring is 1. The largest absolute Gasteiger partial charge is 0.472 e. The van der Waals surface area contributed by atoms with Crippen LogP contribution in [0.15, 0.2) is 48.8 Å². The number of rotatable bonds is 29. The van der Waals surface area contributed by atoms with Crippen LogP contribution in [0.25, 0.3) is 5.52 Å². The smallest absolute Gasteiger partial charge is 0.387 e. The van der Waals surface area contributed by atoms with Gasteiger partial charge in [0.2, 0.25) is 0 Å². The lowest BCUT2D eigenvalue weighted by Crippen LogP contribution is -2.39. The third-order valence-corrected chi connectivity index (χ3v) is 11.6. The van der Waals surface area contributed by atoms with Crippen molar-refractivity contribution in [2.75, 3.05) is 25.6 Å². The molecule has 0 saturated carbocycles. The number of nitrogens with zero attached hydrogens (tertiary/aromatic N) is 3. The highest BCUT2D eigenvalue weighted by atomic mass is 31.2. The van der Waals surface area contributed by atoms with E-state index in [1.54, 1.807) is 19.1 Å². The van der Waals surface area contributed by atoms with E-state index in [9.17, 15) is 19.7 Å². The Balaban J connectivity index is 1.16. The topological polar surface area (TPSA) is 180 Å². The molecule has 1 saturated heterocycles. The first kappa shape index (κ1) is 45.3. The van der Waals surface area contributed by atoms with Gasteiger partial charge in [-0.05, 0) is 38.0 Å². The zero-order chi connectivity index (χ0) is 39.5. The Kier molecular flexibility index (Phi) is 19.5. The Bertz CT molecular complexity index is 1550. The lowest BCUT2D eigenvalue weighted by molar-refractivity contribution is -0.0972. The number of fused-ring (bicyclic) bond motifs is 1. The number of hydrogen-bond donors (Lipinski definition) is 4. The third-order valence-electron chi connectivity index (χ3n) is 10.7. The fourth-order valence-corrected chi connectivity index (χ4v) is 7.90. The minimum absolute atomic E-state index is 0.238. The monoisotopic (exact) mass is 790 g/mol. The number of hydrogen-bond acceptors (Lipinski definition) is 11. The molecule has 1 fully saturated rings. The molecule has 0 amide bonds. The quantitative estimate of drug-likeness (QED) is 0.0393. The number of nitrogens with two attached hydrogens (primary N) is 1. The maximum Gasteiger partial charge on any atom is 0.472 e. The molecule has 13 nitrogen and oxygen atoms in total. The van der Waals surface area contributed by atoms with Gasteiger partial charge < -0.3 is 35.1 Å². The number of anilines is 1. The van der Waals surface area contributed by atoms with Crippen LogP contribution in [0.1, 0.15) is 135 Å². The Morgan fingerprint density at radius 1 is 0.873 bits per heavy atom. The summed E-state index contributed by atoms with van der Waals surface area (Å²) >= 11 is 0. The van der Waals surface area contributed by atoms with E-state index < -0.39 is 50.6 Å². The standard InChI is InChI=1S/C41H67N4O9P/c1-4-5-6-7-8-9-10-11-12-13-14-15-16-17-18-22-27-50-32(2)35(51-28-33-23-20-19-21-24-33)29-52-55(48,49)53-30-36-38(46)39(47)41(3,54-36)37-26-25-34-40(42)43-31-44-45(34)37/h19-21,23-26,31-32,35-36,38-39,46-47H,4-18,22,27-30H2,1-3H3,(H,48,49)(H2,42,43,44)/t32-,35-,36+,38+,39+,41-/m0/s1. The summed E-state index contributed by atoms with van der Waals surface area (Å²) < 4.78 is 43.5. The van der Waals surface area contributed by atoms with Crippen LogP contribution in [0.3, 0.4) is 0 Å². The maximum atomic E-state index is 13.1. The highest BCUT2D eigenvalue weighted by Gasteiger charge is 2.54. The number of aliphatic hydroxyl groups is 2. The van der Waals surface area contributed by atoms with Crippen molar-refractivity contribution in [1.82, 2.24) is 14.6 Å². The molecule has 1 aliphatic rings. The SMILES string of the molecule is CCCCCCCCCCCCCCCCCCO[C@@H](C)[C@H](COP(=O)(O)OC[C@H]1O[C@@](C)(c2ccc3c(N)ncnn23)[C@H](O)[C@@H]1O)OCc1ccccc1. The lowest BCUT2D eigenvalue weighted by atomic mass is 9.93. The average molecular weight is 791 g/mol. The van der Waals surface area contributed by atoms with E-state index in [1.807, 2.05) is 37.3 Å². The fourth-order valence-electron chi connectivity index (χ4n) is 7.15. The zero-order valence-corrected chi connectivity index (χ0v) is 34.2. The number of phosphoric ester groups is 1. The van der Waals surface area contributed by atoms with Crippen LogP contribution in [0, 0.1) is 0 Å². The Morgan fingerprint density at radius 2 is 1.47 bits per heavy atom. The van der Waals surface area contributed by atoms with Gasteiger partial charge in [0, 0.05) is 6.61 Å². The van der Waals surface area contributed by atoms with Crippen molar-refractivity contribution in [3.63, 3.8) is 0 Å². The Hall–Kier alpha value is -2.45. The minimum Gasteiger partial charge on any atom is -0.387 e. The second-order valence-electron chi connectivity index (χ2n) is 15.1. The molecule has 55 heavy (non-hydrogen) atoms. The first-order chi connectivity index (χ1) is 26.6. The Morgan fingerprint density at radius 3 is 2.09 bits per heavy atom. The molecular formula is C41H67N4O9P. The van der Waals surface area contributed by atoms with Gasteiger partial charge in [0.15, 0.2) is 5.82 Å². The van der Waals surface area contributed by atoms with E-state index in [1.165, 1.54) is 101 Å². The second-order valence-corrected chi connectivity index (χ2v) is 16.6. The molecule has 2 aromatic heterocycles. The Labute approximate surface area is 327 Å². The summed E-state index contributed by atoms with van der Waals surface area (Å²) in [6, 6.07) is 13.0. The van der Waals surface area contributed by atoms with Gasteiger partial charge in [-0.25, -0.2) is 14.1 Å². The van der Waals surface area contributed by atoms with Crippen LogP contribution in [-0.4, -0.2) is 80.0 Å². The van der Waals surface area contributed by atoms with Crippen molar-refractivity contribution in [3.8, 4) is 0 Å². The summed E-state index contributed by atoms with van der Waals surface area (Å²) in [4.78, 5) is 14.6. The summed E-state index contributed by atoms with van der Waals surface area (Å²) in [5.41, 5.74) is 6.39. The van der Waals surface area contributed by atoms with Crippen molar-refractivity contribution < 1.29 is 42.9 Å². The van der Waals surface area contributed by atoms with Crippen LogP contribution < -0.4 is 5.73 Å². The predicted octanol–water partition coefficient (Wildman–Crippen LogP) is 8.03. The molecule has 1 aliphatic heterocycles. The number of unbranched alkanes of at least 4 members (excludes halogenated alkanes) is 15. The molecule has 14 heteroatoms. The highest BCUT2D eigenvalue weighted by Crippen LogP contribution is 2.46. The van der Waals surface area contributed by atoms with Gasteiger partial charge in [0.05, 0.1) is 31.6 Å². The molecule has 0 bridgehead atoms. The molecule has 7 atom stereocenters. The van der Waals surface area contributed by atoms with Crippen LogP contribution in [0.4, 0.5) is 5.82 Å². The van der Waals surface area contributed by atoms with Crippen molar-refractivity contribution in [2.24, 2.45) is 0 Å². The molecule has 0 aliphatic carbocycles. The summed E-state index contributed by atoms with van der Waals surface area (Å²) in [6.45, 7) is 5.74. The van der Waals surface area contributed by atoms with Gasteiger partial charge in [-0.1, -0.05) is 134 Å². The molecule has 4 rings (SSSR count). The highest BCUT2D eigenvalue weighted by molar-refractivity contribution is 7.47. The lowest BCUT2D eigenvalue weighted by Gasteiger charge is -2.27. The molecule has 0 radical (unpaired) electrons. The summed E-state index contributed by atoms with van der Waals surface area (Å²) in [7, 11) is -4.64. The van der Waals surface area contributed by atoms with Gasteiger partial charge in [-0.2, -0.15) is 5.10 Å². The van der Waals surface area contributed by atoms with Crippen LogP contribution >= 0.6 is 7.82 Å². The maximum absolute atomic E-state index is 13.1. The van der Waals surface area contributed by atoms with E-state index in [-0.39, 0.29) is 19.0 Å². The second kappa shape index (κ2) is 23.7. The molecule has 3 aromatic rings. The summed E-state index contributed by atoms with van der Waals surface area (Å²) in [5, 5.41) is 26.1. The molecule has 1 aromatic carbocycles. The predicted molar refractivity (Wildman–Crippen MR) is 213 cm³/mol. The van der Waals surface area contributed by atoms with Crippen molar-refractivity contribution in [3.05, 3.63) is 60.0 Å². The van der Waals surface area contributed by atoms with E-state index >= 15 is 0 Å². The first-order valence-electron chi connectivity index (χ1n) is 20.6. The van der Waals surface area contributed by atoms with Crippen molar-refractivity contribution >= 4 is 19.2 Å². The number of phosphoric acid groups is 1. The van der Waals surface area contributed by atoms with Crippen LogP contribution in [0.5, 0.6) is 0 Å². The van der Waals surface area contributed by atoms with Crippen LogP contribution in [-0.2, 0) is 40.0 Å².